The standard InChI is InChI=1S/C21H28O4S2/c1-21(2,15-3-7-19(8-4-15)24-11-17(22)13-26)16-5-9-20(10-6-16)25-12-18(23)14-27/h3-10,17-18,22-23,26-27H,11-14H2,1-2H3. The Hall–Kier alpha value is -1.34. The van der Waals surface area contributed by atoms with Crippen molar-refractivity contribution in [3.8, 4) is 11.5 Å². The van der Waals surface area contributed by atoms with Crippen molar-refractivity contribution >= 4 is 25.3 Å². The third kappa shape index (κ3) is 6.35. The molecule has 0 saturated carbocycles. The van der Waals surface area contributed by atoms with Crippen LogP contribution in [0.1, 0.15) is 25.0 Å². The van der Waals surface area contributed by atoms with Crippen LogP contribution in [0.3, 0.4) is 0 Å². The van der Waals surface area contributed by atoms with Gasteiger partial charge in [-0.2, -0.15) is 25.3 Å². The second-order valence-corrected chi connectivity index (χ2v) is 7.70. The van der Waals surface area contributed by atoms with Gasteiger partial charge in [0.2, 0.25) is 0 Å². The Morgan fingerprint density at radius 3 is 1.37 bits per heavy atom. The van der Waals surface area contributed by atoms with Gasteiger partial charge in [0.1, 0.15) is 24.7 Å². The Bertz CT molecular complexity index is 627. The van der Waals surface area contributed by atoms with Crippen molar-refractivity contribution < 1.29 is 19.7 Å². The largest absolute Gasteiger partial charge is 0.491 e. The first kappa shape index (κ1) is 22.0. The molecule has 2 aromatic carbocycles. The summed E-state index contributed by atoms with van der Waals surface area (Å²) in [6.45, 7) is 4.79. The molecule has 2 rings (SSSR count). The zero-order valence-electron chi connectivity index (χ0n) is 15.7. The van der Waals surface area contributed by atoms with E-state index < -0.39 is 12.2 Å². The van der Waals surface area contributed by atoms with Crippen molar-refractivity contribution in [3.63, 3.8) is 0 Å². The Morgan fingerprint density at radius 2 is 1.07 bits per heavy atom. The van der Waals surface area contributed by atoms with Crippen molar-refractivity contribution in [2.45, 2.75) is 31.5 Å². The molecule has 0 fully saturated rings. The molecule has 2 unspecified atom stereocenters. The first-order valence-electron chi connectivity index (χ1n) is 8.91. The van der Waals surface area contributed by atoms with Crippen molar-refractivity contribution in [1.82, 2.24) is 0 Å². The molecule has 0 aliphatic rings. The maximum absolute atomic E-state index is 9.53. The predicted octanol–water partition coefficient (Wildman–Crippen LogP) is 3.35. The molecule has 27 heavy (non-hydrogen) atoms. The number of ether oxygens (including phenoxy) is 2. The summed E-state index contributed by atoms with van der Waals surface area (Å²) in [4.78, 5) is 0. The lowest BCUT2D eigenvalue weighted by Gasteiger charge is -2.26. The van der Waals surface area contributed by atoms with Gasteiger partial charge in [0.15, 0.2) is 0 Å². The van der Waals surface area contributed by atoms with Crippen LogP contribution >= 0.6 is 25.3 Å². The minimum absolute atomic E-state index is 0.188. The number of benzene rings is 2. The zero-order valence-corrected chi connectivity index (χ0v) is 17.5. The molecule has 0 amide bonds. The molecule has 6 heteroatoms. The maximum Gasteiger partial charge on any atom is 0.119 e. The molecule has 4 nitrogen and oxygen atoms in total. The highest BCUT2D eigenvalue weighted by atomic mass is 32.1. The Balaban J connectivity index is 2.04. The lowest BCUT2D eigenvalue weighted by molar-refractivity contribution is 0.126. The van der Waals surface area contributed by atoms with E-state index in [0.29, 0.717) is 11.5 Å². The van der Waals surface area contributed by atoms with Gasteiger partial charge in [-0.25, -0.2) is 0 Å². The highest BCUT2D eigenvalue weighted by Crippen LogP contribution is 2.33. The van der Waals surface area contributed by atoms with Gasteiger partial charge in [-0.05, 0) is 35.4 Å². The molecule has 0 spiro atoms. The average Bonchev–Trinajstić information content (AvgIpc) is 2.70. The van der Waals surface area contributed by atoms with Gasteiger partial charge in [0, 0.05) is 16.9 Å². The van der Waals surface area contributed by atoms with Gasteiger partial charge >= 0.3 is 0 Å². The van der Waals surface area contributed by atoms with E-state index in [2.05, 4.69) is 39.1 Å². The molecule has 2 atom stereocenters. The van der Waals surface area contributed by atoms with E-state index in [9.17, 15) is 10.2 Å². The number of thiol groups is 2. The highest BCUT2D eigenvalue weighted by Gasteiger charge is 2.23. The molecule has 2 aromatic rings. The highest BCUT2D eigenvalue weighted by molar-refractivity contribution is 7.80. The van der Waals surface area contributed by atoms with Crippen molar-refractivity contribution in [2.24, 2.45) is 0 Å². The van der Waals surface area contributed by atoms with Crippen LogP contribution in [-0.4, -0.2) is 47.1 Å². The second-order valence-electron chi connectivity index (χ2n) is 6.97. The molecule has 2 N–H and O–H groups in total. The first-order valence-corrected chi connectivity index (χ1v) is 10.2. The van der Waals surface area contributed by atoms with E-state index in [1.54, 1.807) is 0 Å². The minimum Gasteiger partial charge on any atom is -0.491 e. The first-order chi connectivity index (χ1) is 12.9. The van der Waals surface area contributed by atoms with E-state index >= 15 is 0 Å². The van der Waals surface area contributed by atoms with Gasteiger partial charge < -0.3 is 19.7 Å². The number of hydrogen-bond donors (Lipinski definition) is 4. The van der Waals surface area contributed by atoms with Crippen LogP contribution in [0, 0.1) is 0 Å². The molecule has 0 bridgehead atoms. The van der Waals surface area contributed by atoms with Gasteiger partial charge in [-0.15, -0.1) is 0 Å². The topological polar surface area (TPSA) is 58.9 Å². The summed E-state index contributed by atoms with van der Waals surface area (Å²) in [5.41, 5.74) is 2.12. The number of hydrogen-bond acceptors (Lipinski definition) is 6. The van der Waals surface area contributed by atoms with Crippen LogP contribution in [0.4, 0.5) is 0 Å². The fraction of sp³-hybridized carbons (Fsp3) is 0.429. The van der Waals surface area contributed by atoms with Crippen LogP contribution in [0.2, 0.25) is 0 Å². The normalized spacial score (nSPS) is 13.9. The fourth-order valence-corrected chi connectivity index (χ4v) is 2.80. The quantitative estimate of drug-likeness (QED) is 0.456. The van der Waals surface area contributed by atoms with Crippen molar-refractivity contribution in [1.29, 1.82) is 0 Å². The smallest absolute Gasteiger partial charge is 0.119 e. The molecule has 0 radical (unpaired) electrons. The summed E-state index contributed by atoms with van der Waals surface area (Å²) in [6.07, 6.45) is -1.14. The molecule has 148 valence electrons. The Kier molecular flexibility index (Phi) is 8.35. The fourth-order valence-electron chi connectivity index (χ4n) is 2.59. The van der Waals surface area contributed by atoms with Gasteiger partial charge in [-0.1, -0.05) is 38.1 Å². The van der Waals surface area contributed by atoms with Gasteiger partial charge in [0.25, 0.3) is 0 Å². The number of aliphatic hydroxyl groups excluding tert-OH is 2. The molecule has 0 aliphatic heterocycles. The molecular formula is C21H28O4S2. The summed E-state index contributed by atoms with van der Waals surface area (Å²) in [7, 11) is 0. The maximum atomic E-state index is 9.53. The zero-order chi connectivity index (χ0) is 19.9. The summed E-state index contributed by atoms with van der Waals surface area (Å²) >= 11 is 8.07. The summed E-state index contributed by atoms with van der Waals surface area (Å²) < 4.78 is 11.1. The van der Waals surface area contributed by atoms with E-state index in [1.165, 1.54) is 0 Å². The van der Waals surface area contributed by atoms with Crippen LogP contribution in [0.5, 0.6) is 11.5 Å². The predicted molar refractivity (Wildman–Crippen MR) is 116 cm³/mol. The molecule has 0 aliphatic carbocycles. The molecule has 0 heterocycles. The minimum atomic E-state index is -0.570. The molecule has 0 aromatic heterocycles. The summed E-state index contributed by atoms with van der Waals surface area (Å²) in [5, 5.41) is 19.1. The second kappa shape index (κ2) is 10.3. The molecular weight excluding hydrogens is 380 g/mol. The average molecular weight is 409 g/mol. The summed E-state index contributed by atoms with van der Waals surface area (Å²) in [5.74, 6) is 2.19. The van der Waals surface area contributed by atoms with Gasteiger partial charge in [0.05, 0.1) is 12.2 Å². The number of aliphatic hydroxyl groups is 2. The van der Waals surface area contributed by atoms with Crippen molar-refractivity contribution in [2.75, 3.05) is 24.7 Å². The van der Waals surface area contributed by atoms with E-state index in [0.717, 1.165) is 22.6 Å². The van der Waals surface area contributed by atoms with Gasteiger partial charge in [-0.3, -0.25) is 0 Å². The lowest BCUT2D eigenvalue weighted by atomic mass is 9.78. The third-order valence-electron chi connectivity index (χ3n) is 4.46. The van der Waals surface area contributed by atoms with E-state index in [1.807, 2.05) is 48.5 Å². The Morgan fingerprint density at radius 1 is 0.741 bits per heavy atom. The summed E-state index contributed by atoms with van der Waals surface area (Å²) in [6, 6.07) is 15.8. The van der Waals surface area contributed by atoms with Crippen LogP contribution in [-0.2, 0) is 5.41 Å². The SMILES string of the molecule is CC(C)(c1ccc(OCC(O)CS)cc1)c1ccc(OCC(O)CS)cc1. The molecule has 0 saturated heterocycles. The van der Waals surface area contributed by atoms with E-state index in [-0.39, 0.29) is 18.6 Å². The van der Waals surface area contributed by atoms with Crippen LogP contribution < -0.4 is 9.47 Å². The number of rotatable bonds is 10. The van der Waals surface area contributed by atoms with Crippen LogP contribution in [0.15, 0.2) is 48.5 Å². The third-order valence-corrected chi connectivity index (χ3v) is 5.30. The van der Waals surface area contributed by atoms with Crippen LogP contribution in [0.25, 0.3) is 0 Å². The van der Waals surface area contributed by atoms with Crippen molar-refractivity contribution in [3.05, 3.63) is 59.7 Å². The van der Waals surface area contributed by atoms with E-state index in [4.69, 9.17) is 9.47 Å². The lowest BCUT2D eigenvalue weighted by Crippen LogP contribution is -2.20. The monoisotopic (exact) mass is 408 g/mol. The Labute approximate surface area is 172 Å².